The maximum atomic E-state index is 12.2. The zero-order valence-corrected chi connectivity index (χ0v) is 19.7. The van der Waals surface area contributed by atoms with Crippen LogP contribution in [0.5, 0.6) is 11.5 Å². The number of rotatable bonds is 12. The van der Waals surface area contributed by atoms with E-state index >= 15 is 0 Å². The summed E-state index contributed by atoms with van der Waals surface area (Å²) in [5.74, 6) is 0.898. The Bertz CT molecular complexity index is 1050. The van der Waals surface area contributed by atoms with E-state index in [2.05, 4.69) is 10.3 Å². The van der Waals surface area contributed by atoms with Gasteiger partial charge in [0.25, 0.3) is 0 Å². The molecule has 33 heavy (non-hydrogen) atoms. The lowest BCUT2D eigenvalue weighted by molar-refractivity contribution is -0.145. The zero-order valence-electron chi connectivity index (χ0n) is 18.8. The maximum absolute atomic E-state index is 12.2. The highest BCUT2D eigenvalue weighted by Gasteiger charge is 2.11. The van der Waals surface area contributed by atoms with Gasteiger partial charge in [-0.15, -0.1) is 11.3 Å². The van der Waals surface area contributed by atoms with E-state index < -0.39 is 0 Å². The second-order valence-corrected chi connectivity index (χ2v) is 8.26. The topological polar surface area (TPSA) is 86.8 Å². The third-order valence-electron chi connectivity index (χ3n) is 4.56. The minimum absolute atomic E-state index is 0.0863. The average molecular weight is 469 g/mol. The summed E-state index contributed by atoms with van der Waals surface area (Å²) in [5.41, 5.74) is 2.52. The van der Waals surface area contributed by atoms with Crippen molar-refractivity contribution >= 4 is 28.9 Å². The van der Waals surface area contributed by atoms with E-state index in [9.17, 15) is 9.59 Å². The van der Waals surface area contributed by atoms with Gasteiger partial charge in [0.2, 0.25) is 5.91 Å². The van der Waals surface area contributed by atoms with Crippen LogP contribution < -0.4 is 14.8 Å². The Morgan fingerprint density at radius 1 is 1.03 bits per heavy atom. The van der Waals surface area contributed by atoms with Gasteiger partial charge < -0.3 is 19.5 Å². The van der Waals surface area contributed by atoms with Crippen molar-refractivity contribution in [2.24, 2.45) is 0 Å². The van der Waals surface area contributed by atoms with Crippen LogP contribution >= 0.6 is 11.3 Å². The van der Waals surface area contributed by atoms with E-state index in [-0.39, 0.29) is 31.3 Å². The molecular weight excluding hydrogens is 440 g/mol. The van der Waals surface area contributed by atoms with E-state index in [0.29, 0.717) is 41.8 Å². The molecule has 7 nitrogen and oxygen atoms in total. The minimum Gasteiger partial charge on any atom is -0.490 e. The number of carbonyl (C=O) groups excluding carboxylic acids is 2. The molecule has 1 N–H and O–H groups in total. The summed E-state index contributed by atoms with van der Waals surface area (Å²) >= 11 is 1.37. The normalized spacial score (nSPS) is 10.5. The number of amides is 1. The molecule has 0 saturated carbocycles. The van der Waals surface area contributed by atoms with Crippen molar-refractivity contribution in [3.8, 4) is 11.5 Å². The van der Waals surface area contributed by atoms with E-state index in [4.69, 9.17) is 14.2 Å². The van der Waals surface area contributed by atoms with Gasteiger partial charge in [0.1, 0.15) is 11.6 Å². The van der Waals surface area contributed by atoms with E-state index in [0.717, 1.165) is 11.3 Å². The molecule has 0 unspecified atom stereocenters. The first kappa shape index (κ1) is 24.3. The number of nitrogens with zero attached hydrogens (tertiary/aromatic N) is 1. The highest BCUT2D eigenvalue weighted by molar-refractivity contribution is 7.09. The molecule has 3 rings (SSSR count). The maximum Gasteiger partial charge on any atom is 0.306 e. The molecule has 8 heteroatoms. The summed E-state index contributed by atoms with van der Waals surface area (Å²) < 4.78 is 16.5. The number of esters is 1. The van der Waals surface area contributed by atoms with Crippen LogP contribution in [0.3, 0.4) is 0 Å². The van der Waals surface area contributed by atoms with Crippen LogP contribution in [-0.4, -0.2) is 30.1 Å². The van der Waals surface area contributed by atoms with Gasteiger partial charge in [0.15, 0.2) is 11.5 Å². The van der Waals surface area contributed by atoms with E-state index in [1.807, 2.05) is 62.4 Å². The molecule has 174 valence electrons. The Morgan fingerprint density at radius 3 is 2.48 bits per heavy atom. The van der Waals surface area contributed by atoms with Crippen LogP contribution in [-0.2, 0) is 27.4 Å². The molecule has 1 heterocycles. The summed E-state index contributed by atoms with van der Waals surface area (Å²) in [6.07, 6.45) is 0.945. The van der Waals surface area contributed by atoms with Crippen LogP contribution in [0, 0.1) is 6.92 Å². The monoisotopic (exact) mass is 468 g/mol. The van der Waals surface area contributed by atoms with Gasteiger partial charge in [0, 0.05) is 17.5 Å². The summed E-state index contributed by atoms with van der Waals surface area (Å²) in [4.78, 5) is 28.6. The fourth-order valence-electron chi connectivity index (χ4n) is 2.95. The molecule has 0 aliphatic rings. The van der Waals surface area contributed by atoms with Crippen molar-refractivity contribution < 1.29 is 23.8 Å². The number of anilines is 1. The first-order chi connectivity index (χ1) is 16.0. The van der Waals surface area contributed by atoms with Crippen molar-refractivity contribution in [3.05, 3.63) is 70.2 Å². The quantitative estimate of drug-likeness (QED) is 0.299. The number of aryl methyl sites for hydroxylation is 1. The van der Waals surface area contributed by atoms with E-state index in [1.165, 1.54) is 11.3 Å². The Hall–Kier alpha value is -3.39. The molecule has 1 amide bonds. The molecule has 0 spiro atoms. The molecule has 0 atom stereocenters. The molecule has 1 aromatic heterocycles. The lowest BCUT2D eigenvalue weighted by Gasteiger charge is -2.11. The van der Waals surface area contributed by atoms with Gasteiger partial charge in [-0.2, -0.15) is 0 Å². The SMILES string of the molecule is CCOc1ccccc1OCCCC(=O)OCc1csc(CC(=O)Nc2ccc(C)cc2)n1. The lowest BCUT2D eigenvalue weighted by atomic mass is 10.2. The number of nitrogens with one attached hydrogen (secondary N) is 1. The Kier molecular flexibility index (Phi) is 9.26. The largest absolute Gasteiger partial charge is 0.490 e. The lowest BCUT2D eigenvalue weighted by Crippen LogP contribution is -2.14. The van der Waals surface area contributed by atoms with Crippen molar-refractivity contribution in [2.75, 3.05) is 18.5 Å². The molecule has 0 fully saturated rings. The molecule has 0 aliphatic heterocycles. The Morgan fingerprint density at radius 2 is 1.76 bits per heavy atom. The second-order valence-electron chi connectivity index (χ2n) is 7.32. The van der Waals surface area contributed by atoms with Crippen molar-refractivity contribution in [1.29, 1.82) is 0 Å². The van der Waals surface area contributed by atoms with Crippen LogP contribution in [0.4, 0.5) is 5.69 Å². The Balaban J connectivity index is 1.34. The number of ether oxygens (including phenoxy) is 3. The molecular formula is C25H28N2O5S. The van der Waals surface area contributed by atoms with Crippen LogP contribution in [0.1, 0.15) is 36.0 Å². The van der Waals surface area contributed by atoms with Crippen molar-refractivity contribution in [2.45, 2.75) is 39.7 Å². The third-order valence-corrected chi connectivity index (χ3v) is 5.46. The number of thiazole rings is 1. The molecule has 2 aromatic carbocycles. The fourth-order valence-corrected chi connectivity index (χ4v) is 3.72. The third kappa shape index (κ3) is 8.23. The summed E-state index contributed by atoms with van der Waals surface area (Å²) in [6.45, 7) is 4.94. The van der Waals surface area contributed by atoms with Crippen LogP contribution in [0.15, 0.2) is 53.9 Å². The molecule has 0 bridgehead atoms. The van der Waals surface area contributed by atoms with Crippen LogP contribution in [0.2, 0.25) is 0 Å². The number of para-hydroxylation sites is 2. The fraction of sp³-hybridized carbons (Fsp3) is 0.320. The zero-order chi connectivity index (χ0) is 23.5. The summed E-state index contributed by atoms with van der Waals surface area (Å²) in [5, 5.41) is 5.32. The molecule has 0 radical (unpaired) electrons. The van der Waals surface area contributed by atoms with Gasteiger partial charge in [-0.3, -0.25) is 9.59 Å². The molecule has 3 aromatic rings. The number of hydrogen-bond acceptors (Lipinski definition) is 7. The number of hydrogen-bond donors (Lipinski definition) is 1. The smallest absolute Gasteiger partial charge is 0.306 e. The number of carbonyl (C=O) groups is 2. The minimum atomic E-state index is -0.316. The molecule has 0 aliphatic carbocycles. The average Bonchev–Trinajstić information content (AvgIpc) is 3.25. The first-order valence-electron chi connectivity index (χ1n) is 10.8. The van der Waals surface area contributed by atoms with Crippen LogP contribution in [0.25, 0.3) is 0 Å². The summed E-state index contributed by atoms with van der Waals surface area (Å²) in [6, 6.07) is 15.1. The van der Waals surface area contributed by atoms with Gasteiger partial charge in [0.05, 0.1) is 25.3 Å². The highest BCUT2D eigenvalue weighted by atomic mass is 32.1. The van der Waals surface area contributed by atoms with Gasteiger partial charge >= 0.3 is 5.97 Å². The predicted molar refractivity (Wildman–Crippen MR) is 128 cm³/mol. The number of aromatic nitrogens is 1. The Labute approximate surface area is 197 Å². The summed E-state index contributed by atoms with van der Waals surface area (Å²) in [7, 11) is 0. The highest BCUT2D eigenvalue weighted by Crippen LogP contribution is 2.26. The van der Waals surface area contributed by atoms with Crippen molar-refractivity contribution in [3.63, 3.8) is 0 Å². The predicted octanol–water partition coefficient (Wildman–Crippen LogP) is 4.93. The standard InChI is InChI=1S/C25H28N2O5S/c1-3-30-21-7-4-5-8-22(21)31-14-6-9-25(29)32-16-20-17-33-24(27-20)15-23(28)26-19-12-10-18(2)11-13-19/h4-5,7-8,10-13,17H,3,6,9,14-16H2,1-2H3,(H,26,28). The van der Waals surface area contributed by atoms with Gasteiger partial charge in [-0.25, -0.2) is 4.98 Å². The first-order valence-corrected chi connectivity index (χ1v) is 11.7. The van der Waals surface area contributed by atoms with E-state index in [1.54, 1.807) is 5.38 Å². The second kappa shape index (κ2) is 12.6. The van der Waals surface area contributed by atoms with Gasteiger partial charge in [-0.1, -0.05) is 29.8 Å². The molecule has 0 saturated heterocycles. The number of benzene rings is 2. The van der Waals surface area contributed by atoms with Crippen molar-refractivity contribution in [1.82, 2.24) is 4.98 Å². The van der Waals surface area contributed by atoms with Gasteiger partial charge in [-0.05, 0) is 44.5 Å².